The second kappa shape index (κ2) is 10.5. The van der Waals surface area contributed by atoms with E-state index in [4.69, 9.17) is 21.3 Å². The third-order valence-electron chi connectivity index (χ3n) is 6.40. The van der Waals surface area contributed by atoms with Crippen LogP contribution in [-0.4, -0.2) is 37.3 Å². The van der Waals surface area contributed by atoms with Crippen molar-refractivity contribution in [2.45, 2.75) is 13.1 Å². The fourth-order valence-electron chi connectivity index (χ4n) is 4.58. The number of alkyl halides is 3. The van der Waals surface area contributed by atoms with Gasteiger partial charge in [-0.2, -0.15) is 13.2 Å². The van der Waals surface area contributed by atoms with Crippen LogP contribution < -0.4 is 15.5 Å². The summed E-state index contributed by atoms with van der Waals surface area (Å²) in [6.45, 7) is 4.88. The molecule has 1 aromatic heterocycles. The molecule has 1 fully saturated rings. The Morgan fingerprint density at radius 2 is 1.58 bits per heavy atom. The lowest BCUT2D eigenvalue weighted by Crippen LogP contribution is -2.36. The molecule has 0 unspecified atom stereocenters. The van der Waals surface area contributed by atoms with Gasteiger partial charge in [-0.25, -0.2) is 9.78 Å². The molecular weight excluding hydrogens is 517 g/mol. The van der Waals surface area contributed by atoms with E-state index in [2.05, 4.69) is 15.5 Å². The van der Waals surface area contributed by atoms with Crippen LogP contribution in [0.25, 0.3) is 21.9 Å². The Labute approximate surface area is 222 Å². The second-order valence-corrected chi connectivity index (χ2v) is 9.31. The normalized spacial score (nSPS) is 14.0. The number of benzene rings is 3. The smallest absolute Gasteiger partial charge is 0.378 e. The van der Waals surface area contributed by atoms with Gasteiger partial charge in [0.25, 0.3) is 0 Å². The number of halogens is 4. The molecule has 3 aromatic carbocycles. The van der Waals surface area contributed by atoms with Crippen molar-refractivity contribution >= 4 is 45.6 Å². The van der Waals surface area contributed by atoms with Gasteiger partial charge >= 0.3 is 12.2 Å². The van der Waals surface area contributed by atoms with Gasteiger partial charge in [-0.05, 0) is 54.3 Å². The van der Waals surface area contributed by atoms with Crippen LogP contribution in [0.15, 0.2) is 66.7 Å². The maximum Gasteiger partial charge on any atom is 0.418 e. The number of anilines is 3. The average Bonchev–Trinajstić information content (AvgIpc) is 2.90. The zero-order valence-electron chi connectivity index (χ0n) is 20.4. The number of aryl methyl sites for hydroxylation is 1. The van der Waals surface area contributed by atoms with Crippen molar-refractivity contribution in [3.8, 4) is 11.1 Å². The molecule has 10 heteroatoms. The maximum atomic E-state index is 13.4. The summed E-state index contributed by atoms with van der Waals surface area (Å²) in [6.07, 6.45) is -4.68. The Bertz CT molecular complexity index is 1500. The summed E-state index contributed by atoms with van der Waals surface area (Å²) in [4.78, 5) is 19.8. The van der Waals surface area contributed by atoms with Gasteiger partial charge < -0.3 is 20.3 Å². The molecule has 4 aromatic rings. The lowest BCUT2D eigenvalue weighted by Gasteiger charge is -2.28. The fraction of sp³-hybridized carbons (Fsp3) is 0.214. The number of amides is 2. The lowest BCUT2D eigenvalue weighted by molar-refractivity contribution is -0.136. The first-order valence-electron chi connectivity index (χ1n) is 12.0. The largest absolute Gasteiger partial charge is 0.418 e. The van der Waals surface area contributed by atoms with Gasteiger partial charge in [0.15, 0.2) is 0 Å². The molecule has 38 heavy (non-hydrogen) atoms. The van der Waals surface area contributed by atoms with Crippen molar-refractivity contribution in [3.63, 3.8) is 0 Å². The predicted molar refractivity (Wildman–Crippen MR) is 144 cm³/mol. The highest BCUT2D eigenvalue weighted by Gasteiger charge is 2.34. The van der Waals surface area contributed by atoms with Crippen LogP contribution in [0.1, 0.15) is 11.3 Å². The summed E-state index contributed by atoms with van der Waals surface area (Å²) in [5.41, 5.74) is 1.79. The van der Waals surface area contributed by atoms with Crippen molar-refractivity contribution in [2.75, 3.05) is 41.8 Å². The van der Waals surface area contributed by atoms with Crippen LogP contribution in [0, 0.1) is 6.92 Å². The van der Waals surface area contributed by atoms with Crippen molar-refractivity contribution in [2.24, 2.45) is 0 Å². The number of ether oxygens (including phenoxy) is 1. The number of rotatable bonds is 4. The van der Waals surface area contributed by atoms with Crippen LogP contribution in [0.2, 0.25) is 5.02 Å². The number of hydrogen-bond acceptors (Lipinski definition) is 4. The first kappa shape index (κ1) is 25.8. The molecular formula is C28H24ClF3N4O2. The summed E-state index contributed by atoms with van der Waals surface area (Å²) >= 11 is 5.74. The molecule has 0 atom stereocenters. The van der Waals surface area contributed by atoms with E-state index in [1.807, 2.05) is 49.4 Å². The molecule has 196 valence electrons. The van der Waals surface area contributed by atoms with Gasteiger partial charge in [0.2, 0.25) is 0 Å². The predicted octanol–water partition coefficient (Wildman–Crippen LogP) is 7.36. The standard InChI is InChI=1S/C28H24ClF3N4O2/c1-17-19(8-11-26(33-17)36-12-14-38-15-13-36)21-7-10-24(22-5-3-2-4-20(21)22)34-27(37)35-25-9-6-18(29)16-23(25)28(30,31)32/h2-11,16H,12-15H2,1H3,(H2,34,35,37). The highest BCUT2D eigenvalue weighted by Crippen LogP contribution is 2.38. The quantitative estimate of drug-likeness (QED) is 0.284. The Morgan fingerprint density at radius 3 is 2.29 bits per heavy atom. The minimum Gasteiger partial charge on any atom is -0.378 e. The Balaban J connectivity index is 1.43. The van der Waals surface area contributed by atoms with E-state index < -0.39 is 17.8 Å². The fourth-order valence-corrected chi connectivity index (χ4v) is 4.75. The summed E-state index contributed by atoms with van der Waals surface area (Å²) in [6, 6.07) is 17.5. The zero-order chi connectivity index (χ0) is 26.9. The second-order valence-electron chi connectivity index (χ2n) is 8.87. The number of fused-ring (bicyclic) bond motifs is 1. The van der Waals surface area contributed by atoms with Crippen LogP contribution in [0.5, 0.6) is 0 Å². The molecule has 2 N–H and O–H groups in total. The van der Waals surface area contributed by atoms with Crippen LogP contribution in [-0.2, 0) is 10.9 Å². The van der Waals surface area contributed by atoms with E-state index in [1.54, 1.807) is 6.07 Å². The number of nitrogens with one attached hydrogen (secondary N) is 2. The van der Waals surface area contributed by atoms with Crippen LogP contribution in [0.4, 0.5) is 35.2 Å². The summed E-state index contributed by atoms with van der Waals surface area (Å²) in [7, 11) is 0. The van der Waals surface area contributed by atoms with E-state index in [-0.39, 0.29) is 10.7 Å². The molecule has 1 aliphatic rings. The van der Waals surface area contributed by atoms with E-state index in [0.717, 1.165) is 58.6 Å². The van der Waals surface area contributed by atoms with Crippen molar-refractivity contribution in [1.29, 1.82) is 0 Å². The number of carbonyl (C=O) groups excluding carboxylic acids is 1. The number of urea groups is 1. The minimum absolute atomic E-state index is 0.0763. The van der Waals surface area contributed by atoms with Crippen molar-refractivity contribution in [3.05, 3.63) is 83.0 Å². The van der Waals surface area contributed by atoms with Gasteiger partial charge in [-0.15, -0.1) is 0 Å². The summed E-state index contributed by atoms with van der Waals surface area (Å²) in [5.74, 6) is 0.897. The van der Waals surface area contributed by atoms with Crippen LogP contribution in [0.3, 0.4) is 0 Å². The number of aromatic nitrogens is 1. The maximum absolute atomic E-state index is 13.4. The summed E-state index contributed by atoms with van der Waals surface area (Å²) < 4.78 is 45.7. The molecule has 1 aliphatic heterocycles. The minimum atomic E-state index is -4.68. The topological polar surface area (TPSA) is 66.5 Å². The molecule has 2 heterocycles. The van der Waals surface area contributed by atoms with E-state index in [1.165, 1.54) is 6.07 Å². The number of carbonyl (C=O) groups is 1. The third-order valence-corrected chi connectivity index (χ3v) is 6.64. The summed E-state index contributed by atoms with van der Waals surface area (Å²) in [5, 5.41) is 6.52. The van der Waals surface area contributed by atoms with Crippen molar-refractivity contribution in [1.82, 2.24) is 4.98 Å². The molecule has 0 aliphatic carbocycles. The third kappa shape index (κ3) is 5.39. The monoisotopic (exact) mass is 540 g/mol. The number of hydrogen-bond donors (Lipinski definition) is 2. The van der Waals surface area contributed by atoms with Crippen LogP contribution >= 0.6 is 11.6 Å². The molecule has 6 nitrogen and oxygen atoms in total. The van der Waals surface area contributed by atoms with Gasteiger partial charge in [-0.3, -0.25) is 0 Å². The van der Waals surface area contributed by atoms with Crippen molar-refractivity contribution < 1.29 is 22.7 Å². The molecule has 0 saturated carbocycles. The van der Waals surface area contributed by atoms with Gasteiger partial charge in [0.05, 0.1) is 30.2 Å². The first-order chi connectivity index (χ1) is 18.2. The number of pyridine rings is 1. The molecule has 0 spiro atoms. The lowest BCUT2D eigenvalue weighted by atomic mass is 9.96. The van der Waals surface area contributed by atoms with Gasteiger partial charge in [0.1, 0.15) is 5.82 Å². The highest BCUT2D eigenvalue weighted by atomic mass is 35.5. The van der Waals surface area contributed by atoms with Gasteiger partial charge in [0, 0.05) is 34.8 Å². The zero-order valence-corrected chi connectivity index (χ0v) is 21.2. The molecule has 2 amide bonds. The molecule has 1 saturated heterocycles. The van der Waals surface area contributed by atoms with E-state index in [9.17, 15) is 18.0 Å². The van der Waals surface area contributed by atoms with E-state index >= 15 is 0 Å². The first-order valence-corrected chi connectivity index (χ1v) is 12.4. The number of nitrogens with zero attached hydrogens (tertiary/aromatic N) is 2. The SMILES string of the molecule is Cc1nc(N2CCOCC2)ccc1-c1ccc(NC(=O)Nc2ccc(Cl)cc2C(F)(F)F)c2ccccc12. The average molecular weight is 541 g/mol. The molecule has 0 radical (unpaired) electrons. The Morgan fingerprint density at radius 1 is 0.921 bits per heavy atom. The Hall–Kier alpha value is -3.82. The molecule has 0 bridgehead atoms. The molecule has 5 rings (SSSR count). The van der Waals surface area contributed by atoms with E-state index in [0.29, 0.717) is 18.9 Å². The van der Waals surface area contributed by atoms with Gasteiger partial charge in [-0.1, -0.05) is 41.9 Å². The Kier molecular flexibility index (Phi) is 7.14. The highest BCUT2D eigenvalue weighted by molar-refractivity contribution is 6.30. The number of morpholine rings is 1.